The van der Waals surface area contributed by atoms with Crippen LogP contribution in [0.25, 0.3) is 11.3 Å². The van der Waals surface area contributed by atoms with Crippen molar-refractivity contribution < 1.29 is 4.79 Å². The lowest BCUT2D eigenvalue weighted by molar-refractivity contribution is -0.121. The average Bonchev–Trinajstić information content (AvgIpc) is 2.68. The zero-order valence-corrected chi connectivity index (χ0v) is 17.0. The number of carbonyl (C=O) groups is 1. The van der Waals surface area contributed by atoms with Crippen molar-refractivity contribution in [2.24, 2.45) is 5.92 Å². The van der Waals surface area contributed by atoms with Crippen LogP contribution in [0.2, 0.25) is 5.02 Å². The second kappa shape index (κ2) is 9.85. The Labute approximate surface area is 170 Å². The number of nitrogens with one attached hydrogen (secondary N) is 1. The molecule has 1 aliphatic rings. The van der Waals surface area contributed by atoms with E-state index in [4.69, 9.17) is 11.6 Å². The summed E-state index contributed by atoms with van der Waals surface area (Å²) in [5, 5.41) is 7.84. The van der Waals surface area contributed by atoms with Gasteiger partial charge in [-0.1, -0.05) is 30.7 Å². The van der Waals surface area contributed by atoms with Gasteiger partial charge in [0.05, 0.1) is 5.69 Å². The lowest BCUT2D eigenvalue weighted by Crippen LogP contribution is -2.37. The maximum atomic E-state index is 12.2. The molecule has 3 rings (SSSR count). The summed E-state index contributed by atoms with van der Waals surface area (Å²) in [6.45, 7) is 6.10. The number of piperidine rings is 1. The molecule has 2 heterocycles. The van der Waals surface area contributed by atoms with E-state index < -0.39 is 0 Å². The van der Waals surface area contributed by atoms with Crippen molar-refractivity contribution in [1.29, 1.82) is 0 Å². The molecule has 0 unspecified atom stereocenters. The molecule has 7 heteroatoms. The summed E-state index contributed by atoms with van der Waals surface area (Å²) >= 11 is 5.91. The third-order valence-electron chi connectivity index (χ3n) is 5.01. The number of halogens is 1. The van der Waals surface area contributed by atoms with Gasteiger partial charge < -0.3 is 10.2 Å². The average molecular weight is 403 g/mol. The van der Waals surface area contributed by atoms with Crippen molar-refractivity contribution in [3.8, 4) is 11.3 Å². The van der Waals surface area contributed by atoms with E-state index >= 15 is 0 Å². The molecule has 28 heavy (non-hydrogen) atoms. The van der Waals surface area contributed by atoms with Gasteiger partial charge in [0, 0.05) is 29.7 Å². The molecule has 1 aliphatic heterocycles. The Morgan fingerprint density at radius 2 is 2.04 bits per heavy atom. The number of carbonyl (C=O) groups excluding carboxylic acids is 1. The maximum absolute atomic E-state index is 12.2. The maximum Gasteiger partial charge on any atom is 0.267 e. The Balaban J connectivity index is 1.50. The number of rotatable bonds is 7. The van der Waals surface area contributed by atoms with Crippen LogP contribution in [0.4, 0.5) is 0 Å². The summed E-state index contributed by atoms with van der Waals surface area (Å²) in [6, 6.07) is 10.3. The van der Waals surface area contributed by atoms with Crippen molar-refractivity contribution in [3.63, 3.8) is 0 Å². The number of hydrogen-bond acceptors (Lipinski definition) is 4. The zero-order chi connectivity index (χ0) is 19.9. The molecule has 0 radical (unpaired) electrons. The summed E-state index contributed by atoms with van der Waals surface area (Å²) in [6.07, 6.45) is 3.47. The summed E-state index contributed by atoms with van der Waals surface area (Å²) in [5.74, 6) is 0.559. The minimum Gasteiger partial charge on any atom is -0.354 e. The van der Waals surface area contributed by atoms with Crippen LogP contribution in [-0.4, -0.2) is 46.8 Å². The monoisotopic (exact) mass is 402 g/mol. The number of aromatic nitrogens is 2. The number of hydrogen-bond donors (Lipinski definition) is 1. The summed E-state index contributed by atoms with van der Waals surface area (Å²) < 4.78 is 1.20. The first kappa shape index (κ1) is 20.6. The van der Waals surface area contributed by atoms with E-state index in [1.807, 2.05) is 12.1 Å². The zero-order valence-electron chi connectivity index (χ0n) is 16.2. The molecule has 0 spiro atoms. The first-order chi connectivity index (χ1) is 13.5. The summed E-state index contributed by atoms with van der Waals surface area (Å²) in [5.41, 5.74) is 1.17. The molecule has 0 aliphatic carbocycles. The molecule has 1 N–H and O–H groups in total. The van der Waals surface area contributed by atoms with Gasteiger partial charge in [0.15, 0.2) is 0 Å². The smallest absolute Gasteiger partial charge is 0.267 e. The predicted molar refractivity (Wildman–Crippen MR) is 111 cm³/mol. The van der Waals surface area contributed by atoms with E-state index in [1.165, 1.54) is 23.6 Å². The van der Waals surface area contributed by atoms with Crippen LogP contribution in [0.5, 0.6) is 0 Å². The van der Waals surface area contributed by atoms with Crippen LogP contribution < -0.4 is 10.9 Å². The van der Waals surface area contributed by atoms with Crippen molar-refractivity contribution in [1.82, 2.24) is 20.0 Å². The van der Waals surface area contributed by atoms with Gasteiger partial charge in [-0.15, -0.1) is 0 Å². The highest BCUT2D eigenvalue weighted by atomic mass is 35.5. The first-order valence-corrected chi connectivity index (χ1v) is 10.2. The number of likely N-dealkylation sites (tertiary alicyclic amines) is 1. The number of nitrogens with zero attached hydrogens (tertiary/aromatic N) is 3. The Bertz CT molecular complexity index is 850. The second-order valence-electron chi connectivity index (χ2n) is 7.47. The van der Waals surface area contributed by atoms with Gasteiger partial charge in [-0.25, -0.2) is 4.68 Å². The van der Waals surface area contributed by atoms with Gasteiger partial charge in [0.2, 0.25) is 5.91 Å². The fourth-order valence-electron chi connectivity index (χ4n) is 3.55. The van der Waals surface area contributed by atoms with E-state index in [-0.39, 0.29) is 18.0 Å². The van der Waals surface area contributed by atoms with Crippen LogP contribution in [0.15, 0.2) is 41.2 Å². The summed E-state index contributed by atoms with van der Waals surface area (Å²) in [4.78, 5) is 26.7. The summed E-state index contributed by atoms with van der Waals surface area (Å²) in [7, 11) is 0. The standard InChI is InChI=1S/C21H27ClN4O2/c1-16-4-2-12-25(14-16)13-3-11-23-20(27)15-26-21(28)10-9-19(24-26)17-5-7-18(22)8-6-17/h5-10,16H,2-4,11-15H2,1H3,(H,23,27)/t16-/m1/s1. The van der Waals surface area contributed by atoms with Crippen molar-refractivity contribution in [3.05, 3.63) is 51.8 Å². The van der Waals surface area contributed by atoms with Gasteiger partial charge >= 0.3 is 0 Å². The van der Waals surface area contributed by atoms with Crippen molar-refractivity contribution in [2.75, 3.05) is 26.2 Å². The lowest BCUT2D eigenvalue weighted by atomic mass is 10.0. The molecular weight excluding hydrogens is 376 g/mol. The molecule has 0 saturated carbocycles. The second-order valence-corrected chi connectivity index (χ2v) is 7.91. The highest BCUT2D eigenvalue weighted by Crippen LogP contribution is 2.18. The fourth-order valence-corrected chi connectivity index (χ4v) is 3.67. The van der Waals surface area contributed by atoms with Crippen molar-refractivity contribution >= 4 is 17.5 Å². The Kier molecular flexibility index (Phi) is 7.23. The first-order valence-electron chi connectivity index (χ1n) is 9.84. The van der Waals surface area contributed by atoms with Crippen LogP contribution in [-0.2, 0) is 11.3 Å². The minimum absolute atomic E-state index is 0.0823. The molecule has 150 valence electrons. The Hall–Kier alpha value is -2.18. The van der Waals surface area contributed by atoms with Gasteiger partial charge in [0.25, 0.3) is 5.56 Å². The quantitative estimate of drug-likeness (QED) is 0.723. The van der Waals surface area contributed by atoms with Gasteiger partial charge in [-0.3, -0.25) is 9.59 Å². The largest absolute Gasteiger partial charge is 0.354 e. The third-order valence-corrected chi connectivity index (χ3v) is 5.27. The van der Waals surface area contributed by atoms with Gasteiger partial charge in [-0.2, -0.15) is 5.10 Å². The lowest BCUT2D eigenvalue weighted by Gasteiger charge is -2.30. The van der Waals surface area contributed by atoms with E-state index in [9.17, 15) is 9.59 Å². The SMILES string of the molecule is C[C@@H]1CCCN(CCCNC(=O)Cn2nc(-c3ccc(Cl)cc3)ccc2=O)C1. The number of benzene rings is 1. The molecule has 1 aromatic carbocycles. The van der Waals surface area contributed by atoms with E-state index in [1.54, 1.807) is 18.2 Å². The molecule has 1 saturated heterocycles. The molecular formula is C21H27ClN4O2. The molecule has 0 bridgehead atoms. The van der Waals surface area contributed by atoms with E-state index in [2.05, 4.69) is 22.2 Å². The highest BCUT2D eigenvalue weighted by Gasteiger charge is 2.15. The van der Waals surface area contributed by atoms with Gasteiger partial charge in [0.1, 0.15) is 6.54 Å². The highest BCUT2D eigenvalue weighted by molar-refractivity contribution is 6.30. The van der Waals surface area contributed by atoms with Crippen LogP contribution >= 0.6 is 11.6 Å². The van der Waals surface area contributed by atoms with Crippen LogP contribution in [0, 0.1) is 5.92 Å². The minimum atomic E-state index is -0.296. The van der Waals surface area contributed by atoms with Crippen LogP contribution in [0.3, 0.4) is 0 Å². The molecule has 1 fully saturated rings. The Morgan fingerprint density at radius 3 is 2.79 bits per heavy atom. The molecule has 1 aromatic heterocycles. The normalized spacial score (nSPS) is 17.4. The third kappa shape index (κ3) is 5.91. The van der Waals surface area contributed by atoms with Crippen LogP contribution in [0.1, 0.15) is 26.2 Å². The fraction of sp³-hybridized carbons (Fsp3) is 0.476. The molecule has 6 nitrogen and oxygen atoms in total. The molecule has 1 amide bonds. The topological polar surface area (TPSA) is 67.2 Å². The Morgan fingerprint density at radius 1 is 1.25 bits per heavy atom. The van der Waals surface area contributed by atoms with Crippen molar-refractivity contribution in [2.45, 2.75) is 32.7 Å². The molecule has 2 aromatic rings. The molecule has 1 atom stereocenters. The van der Waals surface area contributed by atoms with E-state index in [0.29, 0.717) is 17.3 Å². The van der Waals surface area contributed by atoms with Gasteiger partial charge in [-0.05, 0) is 56.5 Å². The van der Waals surface area contributed by atoms with E-state index in [0.717, 1.165) is 37.5 Å². The predicted octanol–water partition coefficient (Wildman–Crippen LogP) is 2.80. The number of amides is 1.